The third-order valence-corrected chi connectivity index (χ3v) is 5.16. The summed E-state index contributed by atoms with van der Waals surface area (Å²) in [7, 11) is 0. The molecule has 0 spiro atoms. The highest BCUT2D eigenvalue weighted by molar-refractivity contribution is 7.15. The van der Waals surface area contributed by atoms with Gasteiger partial charge >= 0.3 is 0 Å². The van der Waals surface area contributed by atoms with Crippen LogP contribution >= 0.6 is 11.3 Å². The van der Waals surface area contributed by atoms with Gasteiger partial charge < -0.3 is 5.73 Å². The van der Waals surface area contributed by atoms with Gasteiger partial charge in [0.1, 0.15) is 0 Å². The lowest BCUT2D eigenvalue weighted by Crippen LogP contribution is -2.36. The molecule has 3 rings (SSSR count). The van der Waals surface area contributed by atoms with Crippen LogP contribution in [0.4, 0.5) is 5.13 Å². The first kappa shape index (κ1) is 15.5. The zero-order chi connectivity index (χ0) is 15.4. The third kappa shape index (κ3) is 3.85. The molecule has 1 fully saturated rings. The van der Waals surface area contributed by atoms with E-state index in [0.29, 0.717) is 11.2 Å². The Morgan fingerprint density at radius 3 is 2.86 bits per heavy atom. The Morgan fingerprint density at radius 2 is 2.18 bits per heavy atom. The van der Waals surface area contributed by atoms with Gasteiger partial charge in [0, 0.05) is 43.3 Å². The highest BCUT2D eigenvalue weighted by atomic mass is 32.1. The second-order valence-corrected chi connectivity index (χ2v) is 7.04. The molecular weight excluding hydrogens is 292 g/mol. The van der Waals surface area contributed by atoms with Gasteiger partial charge in [0.05, 0.1) is 0 Å². The van der Waals surface area contributed by atoms with Gasteiger partial charge in [-0.25, -0.2) is 4.98 Å². The van der Waals surface area contributed by atoms with Crippen LogP contribution in [0.2, 0.25) is 0 Å². The number of nitrogens with two attached hydrogens (primary N) is 1. The van der Waals surface area contributed by atoms with Gasteiger partial charge in [-0.05, 0) is 18.5 Å². The van der Waals surface area contributed by atoms with E-state index in [4.69, 9.17) is 5.73 Å². The quantitative estimate of drug-likeness (QED) is 0.890. The van der Waals surface area contributed by atoms with Crippen LogP contribution in [0.5, 0.6) is 0 Å². The van der Waals surface area contributed by atoms with Crippen molar-refractivity contribution in [2.45, 2.75) is 32.5 Å². The van der Waals surface area contributed by atoms with Gasteiger partial charge in [-0.1, -0.05) is 37.3 Å². The van der Waals surface area contributed by atoms with Gasteiger partial charge in [0.25, 0.3) is 0 Å². The molecule has 118 valence electrons. The molecule has 2 heterocycles. The molecular formula is C17H24N4S. The van der Waals surface area contributed by atoms with Crippen LogP contribution in [0.15, 0.2) is 36.5 Å². The number of rotatable bonds is 6. The van der Waals surface area contributed by atoms with E-state index in [2.05, 4.69) is 52.0 Å². The molecule has 0 radical (unpaired) electrons. The standard InChI is InChI=1S/C17H24N4S/c1-2-21(13-16-10-19-17(18)22-16)15-8-9-20(12-15)11-14-6-4-3-5-7-14/h3-7,10,15H,2,8-9,11-13H2,1H3,(H2,18,19). The minimum atomic E-state index is 0.636. The molecule has 2 N–H and O–H groups in total. The topological polar surface area (TPSA) is 45.4 Å². The van der Waals surface area contributed by atoms with E-state index < -0.39 is 0 Å². The summed E-state index contributed by atoms with van der Waals surface area (Å²) in [6.07, 6.45) is 3.16. The zero-order valence-electron chi connectivity index (χ0n) is 13.1. The molecule has 1 aromatic heterocycles. The van der Waals surface area contributed by atoms with Crippen molar-refractivity contribution >= 4 is 16.5 Å². The summed E-state index contributed by atoms with van der Waals surface area (Å²) < 4.78 is 0. The summed E-state index contributed by atoms with van der Waals surface area (Å²) in [5.41, 5.74) is 7.14. The van der Waals surface area contributed by atoms with Crippen LogP contribution in [-0.4, -0.2) is 40.5 Å². The first-order chi connectivity index (χ1) is 10.7. The molecule has 4 nitrogen and oxygen atoms in total. The van der Waals surface area contributed by atoms with Crippen molar-refractivity contribution in [2.75, 3.05) is 25.4 Å². The first-order valence-electron chi connectivity index (χ1n) is 7.95. The molecule has 1 saturated heterocycles. The van der Waals surface area contributed by atoms with E-state index in [1.807, 2.05) is 6.20 Å². The van der Waals surface area contributed by atoms with Crippen LogP contribution in [0, 0.1) is 0 Å². The predicted molar refractivity (Wildman–Crippen MR) is 92.7 cm³/mol. The molecule has 1 atom stereocenters. The van der Waals surface area contributed by atoms with Crippen molar-refractivity contribution in [1.29, 1.82) is 0 Å². The van der Waals surface area contributed by atoms with Crippen LogP contribution in [0.3, 0.4) is 0 Å². The van der Waals surface area contributed by atoms with E-state index in [9.17, 15) is 0 Å². The average Bonchev–Trinajstić information content (AvgIpc) is 3.15. The highest BCUT2D eigenvalue weighted by Crippen LogP contribution is 2.22. The van der Waals surface area contributed by atoms with Crippen LogP contribution in [-0.2, 0) is 13.1 Å². The SMILES string of the molecule is CCN(Cc1cnc(N)s1)C1CCN(Cc2ccccc2)C1. The fourth-order valence-corrected chi connectivity index (χ4v) is 3.90. The van der Waals surface area contributed by atoms with Crippen molar-refractivity contribution in [3.63, 3.8) is 0 Å². The second-order valence-electron chi connectivity index (χ2n) is 5.89. The monoisotopic (exact) mass is 316 g/mol. The van der Waals surface area contributed by atoms with Crippen LogP contribution in [0.1, 0.15) is 23.8 Å². The number of aromatic nitrogens is 1. The Labute approximate surface area is 136 Å². The van der Waals surface area contributed by atoms with Gasteiger partial charge in [-0.3, -0.25) is 9.80 Å². The Morgan fingerprint density at radius 1 is 1.36 bits per heavy atom. The Kier molecular flexibility index (Phi) is 5.08. The number of likely N-dealkylation sites (tertiary alicyclic amines) is 1. The summed E-state index contributed by atoms with van der Waals surface area (Å²) in [6, 6.07) is 11.4. The second kappa shape index (κ2) is 7.22. The summed E-state index contributed by atoms with van der Waals surface area (Å²) in [4.78, 5) is 10.5. The van der Waals surface area contributed by atoms with Crippen molar-refractivity contribution < 1.29 is 0 Å². The lowest BCUT2D eigenvalue weighted by atomic mass is 10.2. The molecule has 1 aromatic carbocycles. The van der Waals surface area contributed by atoms with Gasteiger partial charge in [-0.15, -0.1) is 11.3 Å². The fourth-order valence-electron chi connectivity index (χ4n) is 3.19. The van der Waals surface area contributed by atoms with Crippen molar-refractivity contribution in [3.05, 3.63) is 47.0 Å². The molecule has 0 amide bonds. The number of benzene rings is 1. The number of hydrogen-bond acceptors (Lipinski definition) is 5. The largest absolute Gasteiger partial charge is 0.375 e. The minimum Gasteiger partial charge on any atom is -0.375 e. The lowest BCUT2D eigenvalue weighted by molar-refractivity contribution is 0.193. The average molecular weight is 316 g/mol. The van der Waals surface area contributed by atoms with Crippen LogP contribution < -0.4 is 5.73 Å². The third-order valence-electron chi connectivity index (χ3n) is 4.35. The smallest absolute Gasteiger partial charge is 0.180 e. The summed E-state index contributed by atoms with van der Waals surface area (Å²) in [6.45, 7) is 7.67. The Bertz CT molecular complexity index is 583. The summed E-state index contributed by atoms with van der Waals surface area (Å²) in [5, 5.41) is 0.670. The number of hydrogen-bond donors (Lipinski definition) is 1. The van der Waals surface area contributed by atoms with Gasteiger partial charge in [0.15, 0.2) is 5.13 Å². The van der Waals surface area contributed by atoms with E-state index in [1.54, 1.807) is 11.3 Å². The molecule has 22 heavy (non-hydrogen) atoms. The molecule has 1 unspecified atom stereocenters. The first-order valence-corrected chi connectivity index (χ1v) is 8.76. The zero-order valence-corrected chi connectivity index (χ0v) is 13.9. The molecule has 2 aromatic rings. The number of likely N-dealkylation sites (N-methyl/N-ethyl adjacent to an activating group) is 1. The summed E-state index contributed by atoms with van der Waals surface area (Å²) >= 11 is 1.61. The van der Waals surface area contributed by atoms with Gasteiger partial charge in [0.2, 0.25) is 0 Å². The predicted octanol–water partition coefficient (Wildman–Crippen LogP) is 2.82. The molecule has 1 aliphatic heterocycles. The fraction of sp³-hybridized carbons (Fsp3) is 0.471. The Hall–Kier alpha value is -1.43. The van der Waals surface area contributed by atoms with Crippen LogP contribution in [0.25, 0.3) is 0 Å². The maximum Gasteiger partial charge on any atom is 0.180 e. The number of thiazole rings is 1. The lowest BCUT2D eigenvalue weighted by Gasteiger charge is -2.27. The number of nitrogens with zero attached hydrogens (tertiary/aromatic N) is 3. The minimum absolute atomic E-state index is 0.636. The van der Waals surface area contributed by atoms with E-state index >= 15 is 0 Å². The maximum atomic E-state index is 5.74. The van der Waals surface area contributed by atoms with Crippen molar-refractivity contribution in [3.8, 4) is 0 Å². The normalized spacial score (nSPS) is 19.1. The van der Waals surface area contributed by atoms with E-state index in [0.717, 1.165) is 26.2 Å². The molecule has 0 bridgehead atoms. The summed E-state index contributed by atoms with van der Waals surface area (Å²) in [5.74, 6) is 0. The number of nitrogen functional groups attached to an aromatic ring is 1. The van der Waals surface area contributed by atoms with Gasteiger partial charge in [-0.2, -0.15) is 0 Å². The van der Waals surface area contributed by atoms with E-state index in [1.165, 1.54) is 23.4 Å². The molecule has 0 saturated carbocycles. The molecule has 0 aliphatic carbocycles. The van der Waals surface area contributed by atoms with Crippen molar-refractivity contribution in [2.24, 2.45) is 0 Å². The molecule has 5 heteroatoms. The van der Waals surface area contributed by atoms with Crippen molar-refractivity contribution in [1.82, 2.24) is 14.8 Å². The maximum absolute atomic E-state index is 5.74. The number of anilines is 1. The van der Waals surface area contributed by atoms with E-state index in [-0.39, 0.29) is 0 Å². The Balaban J connectivity index is 1.56. The molecule has 1 aliphatic rings. The highest BCUT2D eigenvalue weighted by Gasteiger charge is 2.27.